The number of nitrogens with one attached hydrogen (secondary N) is 2. The van der Waals surface area contributed by atoms with Gasteiger partial charge in [0.15, 0.2) is 0 Å². The lowest BCUT2D eigenvalue weighted by molar-refractivity contribution is 0.0853. The molecule has 0 spiro atoms. The van der Waals surface area contributed by atoms with Gasteiger partial charge in [-0.25, -0.2) is 4.98 Å². The van der Waals surface area contributed by atoms with E-state index in [0.717, 1.165) is 45.1 Å². The maximum Gasteiger partial charge on any atom is 0.270 e. The lowest BCUT2D eigenvalue weighted by atomic mass is 10.1. The quantitative estimate of drug-likeness (QED) is 0.803. The number of hydrogen-bond donors (Lipinski definition) is 2. The first-order chi connectivity index (χ1) is 12.2. The Labute approximate surface area is 148 Å². The van der Waals surface area contributed by atoms with E-state index in [1.807, 2.05) is 0 Å². The Kier molecular flexibility index (Phi) is 6.39. The van der Waals surface area contributed by atoms with E-state index in [0.29, 0.717) is 12.2 Å². The van der Waals surface area contributed by atoms with Crippen LogP contribution in [0.5, 0.6) is 0 Å². The van der Waals surface area contributed by atoms with Gasteiger partial charge >= 0.3 is 0 Å². The second-order valence-electron chi connectivity index (χ2n) is 6.92. The summed E-state index contributed by atoms with van der Waals surface area (Å²) in [5, 5.41) is 5.90. The molecular weight excluding hydrogens is 318 g/mol. The first-order valence-electron chi connectivity index (χ1n) is 9.40. The summed E-state index contributed by atoms with van der Waals surface area (Å²) in [5.41, 5.74) is 0.570. The molecule has 2 amide bonds. The molecule has 25 heavy (non-hydrogen) atoms. The van der Waals surface area contributed by atoms with Crippen LogP contribution in [-0.4, -0.2) is 42.1 Å². The summed E-state index contributed by atoms with van der Waals surface area (Å²) in [6.45, 7) is 1.24. The minimum Gasteiger partial charge on any atom is -0.376 e. The zero-order valence-electron chi connectivity index (χ0n) is 14.6. The van der Waals surface area contributed by atoms with Crippen LogP contribution < -0.4 is 10.6 Å². The number of hydrogen-bond acceptors (Lipinski definition) is 4. The monoisotopic (exact) mass is 345 g/mol. The highest BCUT2D eigenvalue weighted by Gasteiger charge is 2.19. The number of pyridine rings is 1. The highest BCUT2D eigenvalue weighted by Crippen LogP contribution is 2.17. The summed E-state index contributed by atoms with van der Waals surface area (Å²) < 4.78 is 5.50. The number of amides is 2. The van der Waals surface area contributed by atoms with E-state index in [2.05, 4.69) is 15.6 Å². The van der Waals surface area contributed by atoms with Gasteiger partial charge in [0.25, 0.3) is 11.8 Å². The smallest absolute Gasteiger partial charge is 0.270 e. The molecule has 1 aromatic rings. The molecule has 6 heteroatoms. The third-order valence-electron chi connectivity index (χ3n) is 4.92. The Balaban J connectivity index is 1.55. The Morgan fingerprint density at radius 2 is 1.72 bits per heavy atom. The number of ether oxygens (including phenoxy) is 1. The van der Waals surface area contributed by atoms with Crippen molar-refractivity contribution in [1.82, 2.24) is 15.6 Å². The third kappa shape index (κ3) is 5.26. The van der Waals surface area contributed by atoms with E-state index in [1.165, 1.54) is 12.8 Å². The van der Waals surface area contributed by atoms with Crippen molar-refractivity contribution in [3.05, 3.63) is 29.6 Å². The lowest BCUT2D eigenvalue weighted by Crippen LogP contribution is -2.36. The predicted molar refractivity (Wildman–Crippen MR) is 94.5 cm³/mol. The average Bonchev–Trinajstić information content (AvgIpc) is 3.03. The number of carbonyl (C=O) groups is 2. The Morgan fingerprint density at radius 1 is 1.00 bits per heavy atom. The van der Waals surface area contributed by atoms with Crippen LogP contribution in [0.15, 0.2) is 18.2 Å². The van der Waals surface area contributed by atoms with Crippen molar-refractivity contribution in [2.45, 2.75) is 63.5 Å². The standard InChI is InChI=1S/C19H27N3O3/c23-18(20-13-15-9-6-12-25-15)16-10-5-11-17(22-16)19(24)21-14-7-3-1-2-4-8-14/h5,10-11,14-15H,1-4,6-9,12-13H2,(H,20,23)(H,21,24). The molecule has 6 nitrogen and oxygen atoms in total. The van der Waals surface area contributed by atoms with Crippen molar-refractivity contribution in [2.75, 3.05) is 13.2 Å². The van der Waals surface area contributed by atoms with Crippen LogP contribution in [0, 0.1) is 0 Å². The van der Waals surface area contributed by atoms with Gasteiger partial charge in [0.05, 0.1) is 6.10 Å². The van der Waals surface area contributed by atoms with E-state index in [4.69, 9.17) is 4.74 Å². The zero-order valence-corrected chi connectivity index (χ0v) is 14.6. The first-order valence-corrected chi connectivity index (χ1v) is 9.40. The van der Waals surface area contributed by atoms with Crippen molar-refractivity contribution in [3.8, 4) is 0 Å². The second kappa shape index (κ2) is 8.94. The average molecular weight is 345 g/mol. The van der Waals surface area contributed by atoms with E-state index >= 15 is 0 Å². The first kappa shape index (κ1) is 17.9. The van der Waals surface area contributed by atoms with Gasteiger partial charge < -0.3 is 15.4 Å². The third-order valence-corrected chi connectivity index (χ3v) is 4.92. The number of carbonyl (C=O) groups excluding carboxylic acids is 2. The van der Waals surface area contributed by atoms with Crippen molar-refractivity contribution < 1.29 is 14.3 Å². The molecule has 1 aromatic heterocycles. The molecule has 2 heterocycles. The van der Waals surface area contributed by atoms with E-state index in [9.17, 15) is 9.59 Å². The second-order valence-corrected chi connectivity index (χ2v) is 6.92. The summed E-state index contributed by atoms with van der Waals surface area (Å²) in [5.74, 6) is -0.458. The molecule has 136 valence electrons. The Hall–Kier alpha value is -1.95. The van der Waals surface area contributed by atoms with Gasteiger partial charge in [-0.15, -0.1) is 0 Å². The predicted octanol–water partition coefficient (Wildman–Crippen LogP) is 2.44. The molecule has 0 radical (unpaired) electrons. The van der Waals surface area contributed by atoms with Crippen LogP contribution >= 0.6 is 0 Å². The molecule has 0 aromatic carbocycles. The summed E-state index contributed by atoms with van der Waals surface area (Å²) in [4.78, 5) is 28.9. The van der Waals surface area contributed by atoms with Crippen molar-refractivity contribution >= 4 is 11.8 Å². The highest BCUT2D eigenvalue weighted by atomic mass is 16.5. The maximum absolute atomic E-state index is 12.4. The van der Waals surface area contributed by atoms with Crippen LogP contribution in [0.3, 0.4) is 0 Å². The number of aromatic nitrogens is 1. The fourth-order valence-electron chi connectivity index (χ4n) is 3.47. The summed E-state index contributed by atoms with van der Waals surface area (Å²) >= 11 is 0. The zero-order chi connectivity index (χ0) is 17.5. The van der Waals surface area contributed by atoms with Gasteiger partial charge in [0.2, 0.25) is 0 Å². The molecular formula is C19H27N3O3. The van der Waals surface area contributed by atoms with Gasteiger partial charge in [-0.2, -0.15) is 0 Å². The molecule has 0 bridgehead atoms. The van der Waals surface area contributed by atoms with Crippen LogP contribution in [0.1, 0.15) is 72.3 Å². The number of rotatable bonds is 5. The van der Waals surface area contributed by atoms with Crippen LogP contribution in [0.2, 0.25) is 0 Å². The SMILES string of the molecule is O=C(NCC1CCCO1)c1cccc(C(=O)NC2CCCCCC2)n1. The summed E-state index contributed by atoms with van der Waals surface area (Å²) in [6, 6.07) is 5.21. The molecule has 2 fully saturated rings. The molecule has 1 unspecified atom stereocenters. The van der Waals surface area contributed by atoms with E-state index < -0.39 is 0 Å². The van der Waals surface area contributed by atoms with Crippen LogP contribution in [-0.2, 0) is 4.74 Å². The topological polar surface area (TPSA) is 80.3 Å². The fraction of sp³-hybridized carbons (Fsp3) is 0.632. The van der Waals surface area contributed by atoms with Gasteiger partial charge in [-0.1, -0.05) is 31.7 Å². The van der Waals surface area contributed by atoms with E-state index in [1.54, 1.807) is 18.2 Å². The number of nitrogens with zero attached hydrogens (tertiary/aromatic N) is 1. The van der Waals surface area contributed by atoms with Crippen LogP contribution in [0.25, 0.3) is 0 Å². The Morgan fingerprint density at radius 3 is 2.40 bits per heavy atom. The van der Waals surface area contributed by atoms with Crippen LogP contribution in [0.4, 0.5) is 0 Å². The van der Waals surface area contributed by atoms with Gasteiger partial charge in [0.1, 0.15) is 11.4 Å². The molecule has 3 rings (SSSR count). The fourth-order valence-corrected chi connectivity index (χ4v) is 3.47. The van der Waals surface area contributed by atoms with Gasteiger partial charge in [-0.3, -0.25) is 9.59 Å². The summed E-state index contributed by atoms with van der Waals surface area (Å²) in [7, 11) is 0. The molecule has 2 N–H and O–H groups in total. The molecule has 1 aliphatic heterocycles. The Bertz CT molecular complexity index is 591. The van der Waals surface area contributed by atoms with Crippen molar-refractivity contribution in [3.63, 3.8) is 0 Å². The minimum absolute atomic E-state index is 0.0886. The van der Waals surface area contributed by atoms with Crippen molar-refractivity contribution in [1.29, 1.82) is 0 Å². The lowest BCUT2D eigenvalue weighted by Gasteiger charge is -2.16. The minimum atomic E-state index is -0.264. The van der Waals surface area contributed by atoms with Crippen molar-refractivity contribution in [2.24, 2.45) is 0 Å². The molecule has 1 saturated carbocycles. The normalized spacial score (nSPS) is 21.5. The summed E-state index contributed by atoms with van der Waals surface area (Å²) in [6.07, 6.45) is 8.93. The maximum atomic E-state index is 12.4. The van der Waals surface area contributed by atoms with E-state index in [-0.39, 0.29) is 29.7 Å². The van der Waals surface area contributed by atoms with Gasteiger partial charge in [-0.05, 0) is 37.8 Å². The molecule has 1 saturated heterocycles. The largest absolute Gasteiger partial charge is 0.376 e. The highest BCUT2D eigenvalue weighted by molar-refractivity contribution is 5.96. The molecule has 1 aliphatic carbocycles. The van der Waals surface area contributed by atoms with Gasteiger partial charge in [0, 0.05) is 19.2 Å². The molecule has 1 atom stereocenters. The molecule has 2 aliphatic rings.